The van der Waals surface area contributed by atoms with Gasteiger partial charge in [-0.15, -0.1) is 12.4 Å². The molecule has 1 aliphatic heterocycles. The first-order valence-corrected chi connectivity index (χ1v) is 10.00. The zero-order chi connectivity index (χ0) is 16.9. The van der Waals surface area contributed by atoms with Crippen LogP contribution in [-0.4, -0.2) is 39.9 Å². The van der Waals surface area contributed by atoms with Gasteiger partial charge in [0, 0.05) is 18.5 Å². The first-order valence-electron chi connectivity index (χ1n) is 8.34. The van der Waals surface area contributed by atoms with E-state index >= 15 is 0 Å². The van der Waals surface area contributed by atoms with E-state index in [0.717, 1.165) is 25.3 Å². The van der Waals surface area contributed by atoms with E-state index in [2.05, 4.69) is 36.0 Å². The molecule has 0 bridgehead atoms. The predicted molar refractivity (Wildman–Crippen MR) is 101 cm³/mol. The molecule has 2 atom stereocenters. The topological polar surface area (TPSA) is 67.4 Å². The Kier molecular flexibility index (Phi) is 8.50. The van der Waals surface area contributed by atoms with Crippen LogP contribution in [0.25, 0.3) is 0 Å². The van der Waals surface area contributed by atoms with Crippen molar-refractivity contribution in [2.45, 2.75) is 39.2 Å². The maximum atomic E-state index is 11.8. The second-order valence-corrected chi connectivity index (χ2v) is 8.46. The van der Waals surface area contributed by atoms with Crippen LogP contribution in [-0.2, 0) is 10.0 Å². The standard InChI is InChI=1S/C17H28N2O3S.ClH/c1-4-23(20,21)19-17-9-10-18-11-15(17)12-22-16-7-5-14(6-8-16)13(2)3;/h5-8,13,15,17-19H,4,9-12H2,1-3H3;1H/t15-,17-;/m0./s1. The highest BCUT2D eigenvalue weighted by Gasteiger charge is 2.28. The third-order valence-corrected chi connectivity index (χ3v) is 5.75. The van der Waals surface area contributed by atoms with Crippen molar-refractivity contribution in [2.24, 2.45) is 5.92 Å². The van der Waals surface area contributed by atoms with E-state index in [4.69, 9.17) is 4.74 Å². The van der Waals surface area contributed by atoms with Crippen LogP contribution in [0.4, 0.5) is 0 Å². The van der Waals surface area contributed by atoms with Gasteiger partial charge in [0.25, 0.3) is 0 Å². The molecule has 24 heavy (non-hydrogen) atoms. The Hall–Kier alpha value is -0.820. The highest BCUT2D eigenvalue weighted by molar-refractivity contribution is 7.89. The number of piperidine rings is 1. The average molecular weight is 377 g/mol. The maximum absolute atomic E-state index is 11.8. The lowest BCUT2D eigenvalue weighted by Crippen LogP contribution is -2.51. The molecule has 0 spiro atoms. The summed E-state index contributed by atoms with van der Waals surface area (Å²) in [6.07, 6.45) is 0.791. The summed E-state index contributed by atoms with van der Waals surface area (Å²) >= 11 is 0. The van der Waals surface area contributed by atoms with Gasteiger partial charge in [0.15, 0.2) is 0 Å². The Morgan fingerprint density at radius 1 is 1.29 bits per heavy atom. The summed E-state index contributed by atoms with van der Waals surface area (Å²) in [5.74, 6) is 1.58. The molecule has 5 nitrogen and oxygen atoms in total. The van der Waals surface area contributed by atoms with Crippen LogP contribution in [0.3, 0.4) is 0 Å². The van der Waals surface area contributed by atoms with Gasteiger partial charge < -0.3 is 10.1 Å². The molecule has 1 saturated heterocycles. The molecule has 0 amide bonds. The number of sulfonamides is 1. The molecular weight excluding hydrogens is 348 g/mol. The summed E-state index contributed by atoms with van der Waals surface area (Å²) in [6.45, 7) is 8.08. The lowest BCUT2D eigenvalue weighted by molar-refractivity contribution is 0.191. The van der Waals surface area contributed by atoms with Gasteiger partial charge in [0.05, 0.1) is 12.4 Å². The number of hydrogen-bond donors (Lipinski definition) is 2. The van der Waals surface area contributed by atoms with Crippen LogP contribution in [0.2, 0.25) is 0 Å². The number of halogens is 1. The highest BCUT2D eigenvalue weighted by Crippen LogP contribution is 2.20. The monoisotopic (exact) mass is 376 g/mol. The van der Waals surface area contributed by atoms with E-state index in [9.17, 15) is 8.42 Å². The lowest BCUT2D eigenvalue weighted by atomic mass is 9.95. The second-order valence-electron chi connectivity index (χ2n) is 6.42. The van der Waals surface area contributed by atoms with Crippen LogP contribution in [0, 0.1) is 5.92 Å². The van der Waals surface area contributed by atoms with Crippen molar-refractivity contribution in [1.82, 2.24) is 10.0 Å². The Balaban J connectivity index is 0.00000288. The molecule has 1 fully saturated rings. The van der Waals surface area contributed by atoms with Crippen LogP contribution in [0.15, 0.2) is 24.3 Å². The van der Waals surface area contributed by atoms with Gasteiger partial charge in [-0.1, -0.05) is 26.0 Å². The summed E-state index contributed by atoms with van der Waals surface area (Å²) in [4.78, 5) is 0. The van der Waals surface area contributed by atoms with E-state index in [-0.39, 0.29) is 30.1 Å². The normalized spacial score (nSPS) is 21.3. The molecular formula is C17H29ClN2O3S. The van der Waals surface area contributed by atoms with Gasteiger partial charge in [-0.3, -0.25) is 0 Å². The first-order chi connectivity index (χ1) is 10.9. The van der Waals surface area contributed by atoms with Crippen molar-refractivity contribution in [3.05, 3.63) is 29.8 Å². The number of ether oxygens (including phenoxy) is 1. The van der Waals surface area contributed by atoms with Gasteiger partial charge >= 0.3 is 0 Å². The summed E-state index contributed by atoms with van der Waals surface area (Å²) in [7, 11) is -3.18. The molecule has 0 unspecified atom stereocenters. The zero-order valence-electron chi connectivity index (χ0n) is 14.6. The maximum Gasteiger partial charge on any atom is 0.211 e. The first kappa shape index (κ1) is 21.2. The Bertz CT molecular complexity index is 590. The van der Waals surface area contributed by atoms with Gasteiger partial charge in [0.2, 0.25) is 10.0 Å². The van der Waals surface area contributed by atoms with Gasteiger partial charge in [0.1, 0.15) is 5.75 Å². The van der Waals surface area contributed by atoms with Crippen molar-refractivity contribution in [2.75, 3.05) is 25.4 Å². The molecule has 1 aromatic carbocycles. The van der Waals surface area contributed by atoms with E-state index in [1.165, 1.54) is 5.56 Å². The molecule has 2 rings (SSSR count). The molecule has 1 aromatic rings. The quantitative estimate of drug-likeness (QED) is 0.767. The molecule has 2 N–H and O–H groups in total. The summed E-state index contributed by atoms with van der Waals surface area (Å²) in [6, 6.07) is 8.07. The number of rotatable bonds is 7. The largest absolute Gasteiger partial charge is 0.493 e. The smallest absolute Gasteiger partial charge is 0.211 e. The molecule has 0 aromatic heterocycles. The fraction of sp³-hybridized carbons (Fsp3) is 0.647. The SMILES string of the molecule is CCS(=O)(=O)N[C@H]1CCNC[C@H]1COc1ccc(C(C)C)cc1.Cl. The van der Waals surface area contributed by atoms with Crippen LogP contribution >= 0.6 is 12.4 Å². The Morgan fingerprint density at radius 2 is 1.96 bits per heavy atom. The van der Waals surface area contributed by atoms with Crippen LogP contribution in [0.1, 0.15) is 38.7 Å². The average Bonchev–Trinajstić information content (AvgIpc) is 2.54. The van der Waals surface area contributed by atoms with Crippen molar-refractivity contribution in [1.29, 1.82) is 0 Å². The van der Waals surface area contributed by atoms with E-state index in [1.54, 1.807) is 6.92 Å². The molecule has 1 aliphatic rings. The summed E-state index contributed by atoms with van der Waals surface area (Å²) < 4.78 is 32.3. The van der Waals surface area contributed by atoms with Gasteiger partial charge in [-0.05, 0) is 43.5 Å². The molecule has 1 heterocycles. The van der Waals surface area contributed by atoms with Crippen molar-refractivity contribution in [3.63, 3.8) is 0 Å². The summed E-state index contributed by atoms with van der Waals surface area (Å²) in [5.41, 5.74) is 1.28. The summed E-state index contributed by atoms with van der Waals surface area (Å²) in [5, 5.41) is 3.31. The zero-order valence-corrected chi connectivity index (χ0v) is 16.3. The fourth-order valence-electron chi connectivity index (χ4n) is 2.72. The minimum Gasteiger partial charge on any atom is -0.493 e. The van der Waals surface area contributed by atoms with E-state index < -0.39 is 10.0 Å². The van der Waals surface area contributed by atoms with Crippen LogP contribution in [0.5, 0.6) is 5.75 Å². The molecule has 0 saturated carbocycles. The molecule has 0 radical (unpaired) electrons. The molecule has 7 heteroatoms. The predicted octanol–water partition coefficient (Wildman–Crippen LogP) is 2.53. The minimum atomic E-state index is -3.18. The highest BCUT2D eigenvalue weighted by atomic mass is 35.5. The third-order valence-electron chi connectivity index (χ3n) is 4.33. The second kappa shape index (κ2) is 9.61. The fourth-order valence-corrected chi connectivity index (χ4v) is 3.66. The van der Waals surface area contributed by atoms with Crippen molar-refractivity contribution < 1.29 is 13.2 Å². The van der Waals surface area contributed by atoms with Gasteiger partial charge in [-0.2, -0.15) is 0 Å². The Morgan fingerprint density at radius 3 is 2.54 bits per heavy atom. The van der Waals surface area contributed by atoms with E-state index in [0.29, 0.717) is 12.5 Å². The third kappa shape index (κ3) is 6.24. The number of benzene rings is 1. The number of nitrogens with one attached hydrogen (secondary N) is 2. The van der Waals surface area contributed by atoms with Crippen molar-refractivity contribution in [3.8, 4) is 5.75 Å². The lowest BCUT2D eigenvalue weighted by Gasteiger charge is -2.32. The minimum absolute atomic E-state index is 0. The Labute approximate surface area is 152 Å². The molecule has 0 aliphatic carbocycles. The van der Waals surface area contributed by atoms with E-state index in [1.807, 2.05) is 12.1 Å². The molecule has 138 valence electrons. The number of hydrogen-bond acceptors (Lipinski definition) is 4. The van der Waals surface area contributed by atoms with Crippen molar-refractivity contribution >= 4 is 22.4 Å². The van der Waals surface area contributed by atoms with Crippen LogP contribution < -0.4 is 14.8 Å². The van der Waals surface area contributed by atoms with Gasteiger partial charge in [-0.25, -0.2) is 13.1 Å².